The molecule has 7 heteroatoms. The smallest absolute Gasteiger partial charge is 0.251 e. The van der Waals surface area contributed by atoms with Crippen LogP contribution in [0.3, 0.4) is 0 Å². The van der Waals surface area contributed by atoms with E-state index in [1.165, 1.54) is 0 Å². The van der Waals surface area contributed by atoms with Gasteiger partial charge in [0.1, 0.15) is 4.21 Å². The first kappa shape index (κ1) is 14.4. The molecule has 100 valence electrons. The largest absolute Gasteiger partial charge is 0.293 e. The monoisotopic (exact) mass is 359 g/mol. The average Bonchev–Trinajstić information content (AvgIpc) is 2.84. The topological polar surface area (TPSA) is 63.2 Å². The fraction of sp³-hybridized carbons (Fsp3) is 0.0833. The van der Waals surface area contributed by atoms with Gasteiger partial charge >= 0.3 is 0 Å². The van der Waals surface area contributed by atoms with Gasteiger partial charge in [-0.2, -0.15) is 0 Å². The van der Waals surface area contributed by atoms with Crippen LogP contribution in [-0.4, -0.2) is 20.7 Å². The number of Topliss-reactive ketones (excluding diaryl/α,β-unsaturated/α-hetero) is 1. The van der Waals surface area contributed by atoms with Crippen LogP contribution in [0.2, 0.25) is 0 Å². The summed E-state index contributed by atoms with van der Waals surface area (Å²) in [5.41, 5.74) is 0.482. The maximum Gasteiger partial charge on any atom is 0.251 e. The molecule has 0 radical (unpaired) electrons. The highest BCUT2D eigenvalue weighted by molar-refractivity contribution is 9.10. The number of thiophene rings is 1. The summed E-state index contributed by atoms with van der Waals surface area (Å²) in [6, 6.07) is 10.2. The van der Waals surface area contributed by atoms with E-state index in [9.17, 15) is 13.2 Å². The minimum atomic E-state index is -3.65. The molecule has 0 bridgehead atoms. The van der Waals surface area contributed by atoms with Gasteiger partial charge in [-0.05, 0) is 27.4 Å². The summed E-state index contributed by atoms with van der Waals surface area (Å²) in [5.74, 6) is -0.267. The molecule has 0 aliphatic carbocycles. The van der Waals surface area contributed by atoms with E-state index in [1.54, 1.807) is 41.8 Å². The van der Waals surface area contributed by atoms with E-state index in [-0.39, 0.29) is 16.5 Å². The quantitative estimate of drug-likeness (QED) is 0.834. The number of carbonyl (C=O) groups excluding carboxylic acids is 1. The van der Waals surface area contributed by atoms with Crippen LogP contribution in [0.5, 0.6) is 0 Å². The molecule has 1 aromatic heterocycles. The van der Waals surface area contributed by atoms with Crippen molar-refractivity contribution in [3.8, 4) is 0 Å². The number of sulfonamides is 1. The van der Waals surface area contributed by atoms with Gasteiger partial charge in [0.2, 0.25) is 0 Å². The standard InChI is InChI=1S/C12H10BrNO3S2/c13-10-6-7-18-12(10)19(16,17)14-8-11(15)9-4-2-1-3-5-9/h1-7,14H,8H2. The number of halogens is 1. The summed E-state index contributed by atoms with van der Waals surface area (Å²) in [6.07, 6.45) is 0. The Kier molecular flexibility index (Phi) is 4.51. The van der Waals surface area contributed by atoms with Crippen molar-refractivity contribution >= 4 is 43.1 Å². The van der Waals surface area contributed by atoms with Crippen LogP contribution in [0.4, 0.5) is 0 Å². The van der Waals surface area contributed by atoms with Gasteiger partial charge in [0.15, 0.2) is 5.78 Å². The zero-order valence-corrected chi connectivity index (χ0v) is 12.9. The van der Waals surface area contributed by atoms with Gasteiger partial charge in [-0.1, -0.05) is 30.3 Å². The number of nitrogens with one attached hydrogen (secondary N) is 1. The van der Waals surface area contributed by atoms with Crippen molar-refractivity contribution in [2.24, 2.45) is 0 Å². The van der Waals surface area contributed by atoms with Gasteiger partial charge in [-0.15, -0.1) is 11.3 Å². The summed E-state index contributed by atoms with van der Waals surface area (Å²) < 4.78 is 26.9. The van der Waals surface area contributed by atoms with Crippen LogP contribution < -0.4 is 4.72 Å². The molecule has 0 atom stereocenters. The van der Waals surface area contributed by atoms with Crippen LogP contribution in [0.1, 0.15) is 10.4 Å². The molecule has 1 heterocycles. The van der Waals surface area contributed by atoms with E-state index in [1.807, 2.05) is 0 Å². The molecule has 0 spiro atoms. The third-order valence-corrected chi connectivity index (χ3v) is 6.42. The number of ketones is 1. The van der Waals surface area contributed by atoms with Crippen molar-refractivity contribution in [3.63, 3.8) is 0 Å². The molecule has 0 amide bonds. The van der Waals surface area contributed by atoms with Crippen molar-refractivity contribution in [3.05, 3.63) is 51.8 Å². The Morgan fingerprint density at radius 3 is 2.47 bits per heavy atom. The van der Waals surface area contributed by atoms with E-state index < -0.39 is 10.0 Å². The van der Waals surface area contributed by atoms with Gasteiger partial charge < -0.3 is 0 Å². The van der Waals surface area contributed by atoms with Crippen LogP contribution in [0.15, 0.2) is 50.5 Å². The second-order valence-electron chi connectivity index (χ2n) is 3.67. The minimum Gasteiger partial charge on any atom is -0.293 e. The van der Waals surface area contributed by atoms with Gasteiger partial charge in [0.25, 0.3) is 10.0 Å². The third-order valence-electron chi connectivity index (χ3n) is 2.35. The second kappa shape index (κ2) is 5.96. The number of rotatable bonds is 5. The van der Waals surface area contributed by atoms with E-state index in [0.717, 1.165) is 11.3 Å². The molecule has 0 saturated carbocycles. The highest BCUT2D eigenvalue weighted by Crippen LogP contribution is 2.27. The predicted molar refractivity (Wildman–Crippen MR) is 78.0 cm³/mol. The fourth-order valence-corrected chi connectivity index (χ4v) is 4.79. The minimum absolute atomic E-state index is 0.174. The zero-order valence-electron chi connectivity index (χ0n) is 9.67. The fourth-order valence-electron chi connectivity index (χ4n) is 1.42. The van der Waals surface area contributed by atoms with Gasteiger partial charge in [0.05, 0.1) is 6.54 Å². The molecular formula is C12H10BrNO3S2. The Morgan fingerprint density at radius 2 is 1.89 bits per heavy atom. The Balaban J connectivity index is 2.07. The van der Waals surface area contributed by atoms with E-state index in [0.29, 0.717) is 10.0 Å². The molecule has 0 aliphatic rings. The predicted octanol–water partition coefficient (Wildman–Crippen LogP) is 2.67. The van der Waals surface area contributed by atoms with Crippen molar-refractivity contribution in [2.75, 3.05) is 6.54 Å². The molecule has 0 aliphatic heterocycles. The number of benzene rings is 1. The molecule has 0 saturated heterocycles. The summed E-state index contributed by atoms with van der Waals surface area (Å²) in [6.45, 7) is -0.253. The first-order valence-electron chi connectivity index (χ1n) is 5.31. The number of hydrogen-bond acceptors (Lipinski definition) is 4. The molecule has 1 N–H and O–H groups in total. The summed E-state index contributed by atoms with van der Waals surface area (Å²) in [5, 5.41) is 1.66. The Morgan fingerprint density at radius 1 is 1.21 bits per heavy atom. The van der Waals surface area contributed by atoms with Crippen molar-refractivity contribution in [2.45, 2.75) is 4.21 Å². The highest BCUT2D eigenvalue weighted by atomic mass is 79.9. The van der Waals surface area contributed by atoms with Gasteiger partial charge in [0, 0.05) is 10.0 Å². The Hall–Kier alpha value is -1.02. The highest BCUT2D eigenvalue weighted by Gasteiger charge is 2.20. The second-order valence-corrected chi connectivity index (χ2v) is 7.40. The van der Waals surface area contributed by atoms with Crippen LogP contribution in [0, 0.1) is 0 Å². The van der Waals surface area contributed by atoms with Gasteiger partial charge in [-0.3, -0.25) is 4.79 Å². The first-order valence-corrected chi connectivity index (χ1v) is 8.47. The summed E-state index contributed by atoms with van der Waals surface area (Å²) in [7, 11) is -3.65. The lowest BCUT2D eigenvalue weighted by Gasteiger charge is -2.05. The lowest BCUT2D eigenvalue weighted by molar-refractivity contribution is 0.0997. The zero-order chi connectivity index (χ0) is 13.9. The van der Waals surface area contributed by atoms with E-state index in [4.69, 9.17) is 0 Å². The van der Waals surface area contributed by atoms with Crippen LogP contribution in [-0.2, 0) is 10.0 Å². The van der Waals surface area contributed by atoms with Crippen molar-refractivity contribution in [1.29, 1.82) is 0 Å². The maximum absolute atomic E-state index is 12.0. The Bertz CT molecular complexity index is 680. The van der Waals surface area contributed by atoms with Gasteiger partial charge in [-0.25, -0.2) is 13.1 Å². The first-order chi connectivity index (χ1) is 9.00. The average molecular weight is 360 g/mol. The van der Waals surface area contributed by atoms with Crippen molar-refractivity contribution < 1.29 is 13.2 Å². The molecule has 0 unspecified atom stereocenters. The van der Waals surface area contributed by atoms with E-state index >= 15 is 0 Å². The molecule has 4 nitrogen and oxygen atoms in total. The lowest BCUT2D eigenvalue weighted by atomic mass is 10.1. The number of hydrogen-bond donors (Lipinski definition) is 1. The third kappa shape index (κ3) is 3.50. The summed E-state index contributed by atoms with van der Waals surface area (Å²) >= 11 is 4.26. The normalized spacial score (nSPS) is 11.4. The molecule has 2 rings (SSSR count). The molecule has 1 aromatic carbocycles. The molecule has 19 heavy (non-hydrogen) atoms. The van der Waals surface area contributed by atoms with E-state index in [2.05, 4.69) is 20.7 Å². The molecular weight excluding hydrogens is 350 g/mol. The van der Waals surface area contributed by atoms with Crippen molar-refractivity contribution in [1.82, 2.24) is 4.72 Å². The SMILES string of the molecule is O=C(CNS(=O)(=O)c1sccc1Br)c1ccccc1. The molecule has 0 fully saturated rings. The Labute approximate surface area is 123 Å². The number of carbonyl (C=O) groups is 1. The van der Waals surface area contributed by atoms with Crippen LogP contribution >= 0.6 is 27.3 Å². The molecule has 2 aromatic rings. The maximum atomic E-state index is 12.0. The van der Waals surface area contributed by atoms with Crippen LogP contribution in [0.25, 0.3) is 0 Å². The lowest BCUT2D eigenvalue weighted by Crippen LogP contribution is -2.29. The summed E-state index contributed by atoms with van der Waals surface area (Å²) in [4.78, 5) is 11.8.